The number of hydrogen-bond donors (Lipinski definition) is 0. The predicted molar refractivity (Wildman–Crippen MR) is 96.7 cm³/mol. The topological polar surface area (TPSA) is 78.3 Å². The maximum atomic E-state index is 12.6. The van der Waals surface area contributed by atoms with Gasteiger partial charge in [-0.25, -0.2) is 4.68 Å². The smallest absolute Gasteiger partial charge is 0.271 e. The lowest BCUT2D eigenvalue weighted by Crippen LogP contribution is -2.30. The van der Waals surface area contributed by atoms with E-state index >= 15 is 0 Å². The zero-order valence-corrected chi connectivity index (χ0v) is 15.3. The second-order valence-corrected chi connectivity index (χ2v) is 7.76. The second-order valence-electron chi connectivity index (χ2n) is 6.87. The molecule has 0 saturated heterocycles. The Morgan fingerprint density at radius 2 is 1.96 bits per heavy atom. The van der Waals surface area contributed by atoms with Crippen LogP contribution < -0.4 is 5.56 Å². The van der Waals surface area contributed by atoms with E-state index in [1.54, 1.807) is 16.8 Å². The molecule has 0 bridgehead atoms. The summed E-state index contributed by atoms with van der Waals surface area (Å²) >= 11 is -2.10. The van der Waals surface area contributed by atoms with Crippen molar-refractivity contribution in [2.75, 3.05) is 14.1 Å². The molecule has 1 unspecified atom stereocenters. The van der Waals surface area contributed by atoms with E-state index < -0.39 is 11.1 Å². The van der Waals surface area contributed by atoms with Crippen LogP contribution in [0.25, 0.3) is 11.3 Å². The summed E-state index contributed by atoms with van der Waals surface area (Å²) in [5.41, 5.74) is 3.05. The Morgan fingerprint density at radius 3 is 2.52 bits per heavy atom. The van der Waals surface area contributed by atoms with Crippen LogP contribution in [0.1, 0.15) is 24.0 Å². The van der Waals surface area contributed by atoms with E-state index in [1.165, 1.54) is 0 Å². The lowest BCUT2D eigenvalue weighted by Gasteiger charge is -2.14. The molecule has 6 nitrogen and oxygen atoms in total. The first-order chi connectivity index (χ1) is 11.9. The molecular weight excluding hydrogens is 338 g/mol. The Kier molecular flexibility index (Phi) is 5.46. The van der Waals surface area contributed by atoms with Gasteiger partial charge in [0.25, 0.3) is 5.56 Å². The summed E-state index contributed by atoms with van der Waals surface area (Å²) in [5.74, 6) is 0.558. The first-order valence-electron chi connectivity index (χ1n) is 8.33. The maximum Gasteiger partial charge on any atom is 0.271 e. The Balaban J connectivity index is 1.96. The Bertz CT molecular complexity index is 798. The molecule has 1 aliphatic carbocycles. The summed E-state index contributed by atoms with van der Waals surface area (Å²) < 4.78 is 23.2. The highest BCUT2D eigenvalue weighted by Gasteiger charge is 2.23. The van der Waals surface area contributed by atoms with Crippen molar-refractivity contribution in [3.8, 4) is 11.3 Å². The van der Waals surface area contributed by atoms with E-state index in [4.69, 9.17) is 0 Å². The van der Waals surface area contributed by atoms with Crippen molar-refractivity contribution in [2.45, 2.75) is 31.7 Å². The molecule has 1 atom stereocenters. The van der Waals surface area contributed by atoms with Gasteiger partial charge >= 0.3 is 0 Å². The van der Waals surface area contributed by atoms with Crippen LogP contribution in [0.2, 0.25) is 0 Å². The van der Waals surface area contributed by atoms with E-state index in [-0.39, 0.29) is 11.3 Å². The van der Waals surface area contributed by atoms with Gasteiger partial charge in [-0.2, -0.15) is 5.10 Å². The highest BCUT2D eigenvalue weighted by molar-refractivity contribution is 7.78. The zero-order chi connectivity index (χ0) is 18.0. The molecule has 134 valence electrons. The van der Waals surface area contributed by atoms with Crippen molar-refractivity contribution in [2.24, 2.45) is 5.92 Å². The summed E-state index contributed by atoms with van der Waals surface area (Å²) in [5, 5.41) is 4.55. The van der Waals surface area contributed by atoms with Gasteiger partial charge in [-0.15, -0.1) is 0 Å². The molecule has 25 heavy (non-hydrogen) atoms. The average Bonchev–Trinajstić information content (AvgIpc) is 3.35. The van der Waals surface area contributed by atoms with Crippen LogP contribution in [-0.4, -0.2) is 37.5 Å². The number of rotatable bonds is 7. The highest BCUT2D eigenvalue weighted by Crippen LogP contribution is 2.30. The SMILES string of the molecule is CN(C)Cc1cc(-c2ccc(CS(=O)[O-])cc2)nn(CC2CC2)c1=O. The summed E-state index contributed by atoms with van der Waals surface area (Å²) in [6.45, 7) is 1.23. The summed E-state index contributed by atoms with van der Waals surface area (Å²) in [7, 11) is 3.87. The van der Waals surface area contributed by atoms with E-state index in [1.807, 2.05) is 37.2 Å². The van der Waals surface area contributed by atoms with Gasteiger partial charge in [0.15, 0.2) is 0 Å². The van der Waals surface area contributed by atoms with Crippen LogP contribution in [-0.2, 0) is 29.9 Å². The summed E-state index contributed by atoms with van der Waals surface area (Å²) in [4.78, 5) is 14.6. The Morgan fingerprint density at radius 1 is 1.28 bits per heavy atom. The fraction of sp³-hybridized carbons (Fsp3) is 0.444. The molecule has 0 spiro atoms. The zero-order valence-electron chi connectivity index (χ0n) is 14.5. The molecular formula is C18H22N3O3S-. The van der Waals surface area contributed by atoms with Crippen molar-refractivity contribution in [3.05, 3.63) is 51.8 Å². The quantitative estimate of drug-likeness (QED) is 0.703. The standard InChI is InChI=1S/C18H23N3O3S/c1-20(2)11-16-9-17(19-21(18(16)22)10-13-3-4-13)15-7-5-14(6-8-15)12-25(23)24/h5-9,13H,3-4,10-12H2,1-2H3,(H,23,24)/p-1. The van der Waals surface area contributed by atoms with Crippen LogP contribution in [0.3, 0.4) is 0 Å². The molecule has 1 aromatic carbocycles. The van der Waals surface area contributed by atoms with E-state index in [9.17, 15) is 13.6 Å². The van der Waals surface area contributed by atoms with E-state index in [0.717, 1.165) is 35.2 Å². The minimum absolute atomic E-state index is 0.000760. The molecule has 1 heterocycles. The summed E-state index contributed by atoms with van der Waals surface area (Å²) in [6, 6.07) is 9.13. The Hall–Kier alpha value is -1.83. The number of aromatic nitrogens is 2. The van der Waals surface area contributed by atoms with Crippen molar-refractivity contribution in [1.82, 2.24) is 14.7 Å². The molecule has 1 saturated carbocycles. The first-order valence-corrected chi connectivity index (χ1v) is 9.57. The molecule has 2 aromatic rings. The van der Waals surface area contributed by atoms with Crippen LogP contribution in [0, 0.1) is 5.92 Å². The van der Waals surface area contributed by atoms with Gasteiger partial charge in [-0.05, 0) is 44.5 Å². The third-order valence-electron chi connectivity index (χ3n) is 4.20. The van der Waals surface area contributed by atoms with Gasteiger partial charge in [-0.1, -0.05) is 35.3 Å². The Labute approximate surface area is 149 Å². The fourth-order valence-electron chi connectivity index (χ4n) is 2.77. The second kappa shape index (κ2) is 7.59. The molecule has 7 heteroatoms. The molecule has 0 amide bonds. The highest BCUT2D eigenvalue weighted by atomic mass is 32.2. The van der Waals surface area contributed by atoms with Crippen molar-refractivity contribution in [1.29, 1.82) is 0 Å². The third-order valence-corrected chi connectivity index (χ3v) is 4.77. The van der Waals surface area contributed by atoms with Gasteiger partial charge in [0, 0.05) is 30.0 Å². The third kappa shape index (κ3) is 4.84. The van der Waals surface area contributed by atoms with Crippen LogP contribution >= 0.6 is 0 Å². The number of hydrogen-bond acceptors (Lipinski definition) is 5. The lowest BCUT2D eigenvalue weighted by atomic mass is 10.1. The van der Waals surface area contributed by atoms with Gasteiger partial charge in [0.2, 0.25) is 0 Å². The fourth-order valence-corrected chi connectivity index (χ4v) is 3.23. The molecule has 0 N–H and O–H groups in total. The van der Waals surface area contributed by atoms with Gasteiger partial charge in [0.05, 0.1) is 5.69 Å². The summed E-state index contributed by atoms with van der Waals surface area (Å²) in [6.07, 6.45) is 2.31. The van der Waals surface area contributed by atoms with Crippen molar-refractivity contribution in [3.63, 3.8) is 0 Å². The maximum absolute atomic E-state index is 12.6. The number of nitrogens with zero attached hydrogens (tertiary/aromatic N) is 3. The normalized spacial score (nSPS) is 15.5. The van der Waals surface area contributed by atoms with Crippen molar-refractivity contribution >= 4 is 11.1 Å². The average molecular weight is 360 g/mol. The molecule has 1 aromatic heterocycles. The van der Waals surface area contributed by atoms with E-state index in [0.29, 0.717) is 19.0 Å². The number of benzene rings is 1. The first kappa shape index (κ1) is 18.0. The molecule has 3 rings (SSSR count). The van der Waals surface area contributed by atoms with Gasteiger partial charge in [-0.3, -0.25) is 9.00 Å². The van der Waals surface area contributed by atoms with E-state index in [2.05, 4.69) is 5.10 Å². The van der Waals surface area contributed by atoms with Gasteiger partial charge < -0.3 is 9.45 Å². The van der Waals surface area contributed by atoms with Gasteiger partial charge in [0.1, 0.15) is 0 Å². The monoisotopic (exact) mass is 360 g/mol. The molecule has 1 aliphatic rings. The van der Waals surface area contributed by atoms with Crippen molar-refractivity contribution < 1.29 is 8.76 Å². The molecule has 1 fully saturated rings. The molecule has 0 radical (unpaired) electrons. The van der Waals surface area contributed by atoms with Crippen LogP contribution in [0.5, 0.6) is 0 Å². The van der Waals surface area contributed by atoms with Crippen LogP contribution in [0.15, 0.2) is 35.1 Å². The minimum atomic E-state index is -2.10. The lowest BCUT2D eigenvalue weighted by molar-refractivity contribution is 0.395. The largest absolute Gasteiger partial charge is 0.772 e. The molecule has 0 aliphatic heterocycles. The predicted octanol–water partition coefficient (Wildman–Crippen LogP) is 1.76. The van der Waals surface area contributed by atoms with Crippen LogP contribution in [0.4, 0.5) is 0 Å². The minimum Gasteiger partial charge on any atom is -0.772 e.